The first-order valence-electron chi connectivity index (χ1n) is 5.63. The van der Waals surface area contributed by atoms with E-state index >= 15 is 0 Å². The molecule has 1 aromatic carbocycles. The van der Waals surface area contributed by atoms with Crippen LogP contribution in [0.25, 0.3) is 0 Å². The predicted molar refractivity (Wildman–Crippen MR) is 76.0 cm³/mol. The molecule has 3 heteroatoms. The zero-order valence-corrected chi connectivity index (χ0v) is 11.9. The van der Waals surface area contributed by atoms with Gasteiger partial charge in [-0.15, -0.1) is 6.58 Å². The van der Waals surface area contributed by atoms with E-state index in [0.29, 0.717) is 6.42 Å². The highest BCUT2D eigenvalue weighted by Crippen LogP contribution is 2.45. The Morgan fingerprint density at radius 2 is 2.12 bits per heavy atom. The van der Waals surface area contributed by atoms with Crippen molar-refractivity contribution in [1.82, 2.24) is 0 Å². The molecule has 0 aromatic heterocycles. The van der Waals surface area contributed by atoms with Crippen molar-refractivity contribution in [3.05, 3.63) is 48.6 Å². The van der Waals surface area contributed by atoms with E-state index in [9.17, 15) is 4.79 Å². The lowest BCUT2D eigenvalue weighted by Gasteiger charge is -2.27. The van der Waals surface area contributed by atoms with Crippen LogP contribution < -0.4 is 0 Å². The van der Waals surface area contributed by atoms with Gasteiger partial charge in [-0.2, -0.15) is 0 Å². The maximum Gasteiger partial charge on any atom is 0.311 e. The molecule has 0 N–H and O–H groups in total. The number of hydrogen-bond donors (Lipinski definition) is 0. The fourth-order valence-electron chi connectivity index (χ4n) is 2.23. The predicted octanol–water partition coefficient (Wildman–Crippen LogP) is 3.45. The molecule has 90 valence electrons. The maximum atomic E-state index is 11.9. The molecule has 0 bridgehead atoms. The molecule has 1 saturated heterocycles. The molecule has 1 aliphatic rings. The van der Waals surface area contributed by atoms with E-state index in [4.69, 9.17) is 4.74 Å². The van der Waals surface area contributed by atoms with E-state index in [1.54, 1.807) is 6.08 Å². The van der Waals surface area contributed by atoms with Crippen LogP contribution in [0.4, 0.5) is 0 Å². The lowest BCUT2D eigenvalue weighted by Crippen LogP contribution is -2.31. The molecular weight excluding hydrogens is 327 g/mol. The first kappa shape index (κ1) is 12.6. The highest BCUT2D eigenvalue weighted by Gasteiger charge is 2.51. The second-order valence-electron chi connectivity index (χ2n) is 4.43. The number of ether oxygens (including phenoxy) is 1. The van der Waals surface area contributed by atoms with E-state index in [2.05, 4.69) is 29.2 Å². The van der Waals surface area contributed by atoms with E-state index in [1.165, 1.54) is 0 Å². The molecule has 0 aliphatic carbocycles. The van der Waals surface area contributed by atoms with Crippen molar-refractivity contribution >= 4 is 28.6 Å². The van der Waals surface area contributed by atoms with Crippen molar-refractivity contribution in [2.75, 3.05) is 0 Å². The van der Waals surface area contributed by atoms with Gasteiger partial charge in [-0.25, -0.2) is 0 Å². The number of benzene rings is 1. The Hall–Kier alpha value is -0.840. The van der Waals surface area contributed by atoms with Gasteiger partial charge in [-0.05, 0) is 18.9 Å². The van der Waals surface area contributed by atoms with Gasteiger partial charge in [0, 0.05) is 0 Å². The Bertz CT molecular complexity index is 429. The Kier molecular flexibility index (Phi) is 3.56. The van der Waals surface area contributed by atoms with E-state index in [1.807, 2.05) is 37.3 Å². The first-order valence-corrected chi connectivity index (χ1v) is 6.87. The second kappa shape index (κ2) is 4.80. The molecule has 2 nitrogen and oxygen atoms in total. The van der Waals surface area contributed by atoms with Crippen LogP contribution in [-0.2, 0) is 15.1 Å². The van der Waals surface area contributed by atoms with Crippen molar-refractivity contribution in [2.45, 2.75) is 22.9 Å². The molecular formula is C14H15IO2. The van der Waals surface area contributed by atoms with Crippen LogP contribution in [-0.4, -0.2) is 9.89 Å². The number of carbonyl (C=O) groups excluding carboxylic acids is 1. The fraction of sp³-hybridized carbons (Fsp3) is 0.357. The van der Waals surface area contributed by atoms with Gasteiger partial charge < -0.3 is 4.74 Å². The van der Waals surface area contributed by atoms with Crippen LogP contribution >= 0.6 is 22.6 Å². The molecule has 3 atom stereocenters. The summed E-state index contributed by atoms with van der Waals surface area (Å²) in [5, 5.41) is 0. The molecule has 0 radical (unpaired) electrons. The van der Waals surface area contributed by atoms with Gasteiger partial charge in [0.25, 0.3) is 0 Å². The summed E-state index contributed by atoms with van der Waals surface area (Å²) in [6, 6.07) is 9.93. The van der Waals surface area contributed by atoms with Crippen molar-refractivity contribution < 1.29 is 9.53 Å². The third kappa shape index (κ3) is 2.12. The van der Waals surface area contributed by atoms with E-state index in [-0.39, 0.29) is 15.8 Å². The van der Waals surface area contributed by atoms with E-state index < -0.39 is 5.60 Å². The van der Waals surface area contributed by atoms with Crippen molar-refractivity contribution in [3.63, 3.8) is 0 Å². The number of carbonyl (C=O) groups is 1. The fourth-order valence-corrected chi connectivity index (χ4v) is 3.30. The third-order valence-corrected chi connectivity index (χ3v) is 5.32. The quantitative estimate of drug-likeness (QED) is 0.364. The highest BCUT2D eigenvalue weighted by molar-refractivity contribution is 14.1. The summed E-state index contributed by atoms with van der Waals surface area (Å²) in [6.45, 7) is 5.69. The molecule has 0 saturated carbocycles. The Morgan fingerprint density at radius 3 is 2.71 bits per heavy atom. The Balaban J connectivity index is 2.34. The molecule has 1 heterocycles. The summed E-state index contributed by atoms with van der Waals surface area (Å²) in [5.74, 6) is -0.200. The molecule has 1 fully saturated rings. The second-order valence-corrected chi connectivity index (χ2v) is 5.77. The van der Waals surface area contributed by atoms with Crippen molar-refractivity contribution in [3.8, 4) is 0 Å². The van der Waals surface area contributed by atoms with Gasteiger partial charge in [0.2, 0.25) is 0 Å². The molecule has 1 aromatic rings. The Labute approximate surface area is 115 Å². The van der Waals surface area contributed by atoms with Crippen LogP contribution in [0.1, 0.15) is 18.9 Å². The minimum Gasteiger partial charge on any atom is -0.453 e. The molecule has 1 aliphatic heterocycles. The highest BCUT2D eigenvalue weighted by atomic mass is 127. The molecule has 0 spiro atoms. The molecule has 17 heavy (non-hydrogen) atoms. The number of esters is 1. The summed E-state index contributed by atoms with van der Waals surface area (Å²) in [6.07, 6.45) is 2.46. The van der Waals surface area contributed by atoms with Crippen molar-refractivity contribution in [1.29, 1.82) is 0 Å². The van der Waals surface area contributed by atoms with Gasteiger partial charge >= 0.3 is 5.97 Å². The zero-order chi connectivity index (χ0) is 12.5. The lowest BCUT2D eigenvalue weighted by atomic mass is 9.87. The largest absolute Gasteiger partial charge is 0.453 e. The van der Waals surface area contributed by atoms with Gasteiger partial charge in [0.15, 0.2) is 0 Å². The number of hydrogen-bond acceptors (Lipinski definition) is 2. The summed E-state index contributed by atoms with van der Waals surface area (Å²) in [7, 11) is 0. The van der Waals surface area contributed by atoms with Crippen molar-refractivity contribution in [2.24, 2.45) is 5.92 Å². The summed E-state index contributed by atoms with van der Waals surface area (Å²) >= 11 is 2.32. The average molecular weight is 342 g/mol. The average Bonchev–Trinajstić information content (AvgIpc) is 2.56. The zero-order valence-electron chi connectivity index (χ0n) is 9.73. The number of rotatable bonds is 3. The van der Waals surface area contributed by atoms with Gasteiger partial charge in [0.1, 0.15) is 5.60 Å². The van der Waals surface area contributed by atoms with Gasteiger partial charge in [-0.1, -0.05) is 59.0 Å². The van der Waals surface area contributed by atoms with Crippen LogP contribution in [0.15, 0.2) is 43.0 Å². The summed E-state index contributed by atoms with van der Waals surface area (Å²) in [5.41, 5.74) is 0.534. The topological polar surface area (TPSA) is 26.3 Å². The van der Waals surface area contributed by atoms with Gasteiger partial charge in [0.05, 0.1) is 9.84 Å². The van der Waals surface area contributed by atoms with Crippen LogP contribution in [0.2, 0.25) is 0 Å². The lowest BCUT2D eigenvalue weighted by molar-refractivity contribution is -0.150. The van der Waals surface area contributed by atoms with Crippen LogP contribution in [0.5, 0.6) is 0 Å². The Morgan fingerprint density at radius 1 is 1.47 bits per heavy atom. The van der Waals surface area contributed by atoms with Crippen LogP contribution in [0.3, 0.4) is 0 Å². The summed E-state index contributed by atoms with van der Waals surface area (Å²) in [4.78, 5) is 11.9. The van der Waals surface area contributed by atoms with E-state index in [0.717, 1.165) is 5.56 Å². The normalized spacial score (nSPS) is 32.2. The third-order valence-electron chi connectivity index (χ3n) is 3.26. The minimum atomic E-state index is -0.521. The van der Waals surface area contributed by atoms with Crippen LogP contribution in [0, 0.1) is 5.92 Å². The molecule has 2 rings (SSSR count). The summed E-state index contributed by atoms with van der Waals surface area (Å²) < 4.78 is 5.75. The minimum absolute atomic E-state index is 0.0849. The monoisotopic (exact) mass is 342 g/mol. The first-order chi connectivity index (χ1) is 8.09. The number of allylic oxidation sites excluding steroid dienone is 1. The molecule has 0 unspecified atom stereocenters. The standard InChI is InChI=1S/C14H15IO2/c1-3-7-11-12(15)14(2,17-13(11)16)10-8-5-4-6-9-10/h3-6,8-9,11-12H,1,7H2,2H3/t11-,12-,14+/m1/s1. The number of alkyl halides is 1. The smallest absolute Gasteiger partial charge is 0.311 e. The number of halogens is 1. The maximum absolute atomic E-state index is 11.9. The SMILES string of the molecule is C=CC[C@H]1C(=O)O[C@@](C)(c2ccccc2)[C@@H]1I. The number of cyclic esters (lactones) is 1. The van der Waals surface area contributed by atoms with Gasteiger partial charge in [-0.3, -0.25) is 4.79 Å². The molecule has 0 amide bonds.